The number of hydrogen-bond donors (Lipinski definition) is 2. The molecule has 6 aromatic carbocycles. The summed E-state index contributed by atoms with van der Waals surface area (Å²) in [5.74, 6) is 0.886. The fourth-order valence-electron chi connectivity index (χ4n) is 6.39. The van der Waals surface area contributed by atoms with Crippen LogP contribution < -0.4 is 20.1 Å². The van der Waals surface area contributed by atoms with Crippen LogP contribution in [0.15, 0.2) is 170 Å². The SMILES string of the molecule is C[C@H](NCC(C(=O)C(CN[C@@H](C)c1ccccc1)c1ccc(OCc2ccccc2)cc1)c1ccc(OCc2ccccc2)cc1)c1ccccc1. The lowest BCUT2D eigenvalue weighted by molar-refractivity contribution is -0.121. The molecule has 0 saturated heterocycles. The number of ketones is 1. The van der Waals surface area contributed by atoms with Crippen LogP contribution in [0.4, 0.5) is 0 Å². The first kappa shape index (κ1) is 36.3. The Morgan fingerprint density at radius 1 is 0.442 bits per heavy atom. The highest BCUT2D eigenvalue weighted by Gasteiger charge is 2.30. The first-order valence-electron chi connectivity index (χ1n) is 18.2. The van der Waals surface area contributed by atoms with Crippen molar-refractivity contribution in [2.45, 2.75) is 51.0 Å². The summed E-state index contributed by atoms with van der Waals surface area (Å²) >= 11 is 0. The molecule has 4 atom stereocenters. The second-order valence-electron chi connectivity index (χ2n) is 13.3. The van der Waals surface area contributed by atoms with Crippen molar-refractivity contribution in [3.8, 4) is 11.5 Å². The number of nitrogens with one attached hydrogen (secondary N) is 2. The van der Waals surface area contributed by atoms with Crippen LogP contribution in [0, 0.1) is 0 Å². The first-order chi connectivity index (χ1) is 25.5. The Bertz CT molecular complexity index is 1770. The first-order valence-corrected chi connectivity index (χ1v) is 18.2. The number of rotatable bonds is 18. The summed E-state index contributed by atoms with van der Waals surface area (Å²) < 4.78 is 12.2. The molecule has 0 saturated carbocycles. The number of hydrogen-bond acceptors (Lipinski definition) is 5. The zero-order chi connectivity index (χ0) is 36.0. The lowest BCUT2D eigenvalue weighted by Gasteiger charge is -2.27. The Morgan fingerprint density at radius 2 is 0.769 bits per heavy atom. The van der Waals surface area contributed by atoms with Crippen LogP contribution in [0.1, 0.15) is 71.1 Å². The second kappa shape index (κ2) is 18.7. The van der Waals surface area contributed by atoms with Gasteiger partial charge in [-0.3, -0.25) is 4.79 Å². The fraction of sp³-hybridized carbons (Fsp3) is 0.213. The molecule has 0 fully saturated rings. The molecule has 52 heavy (non-hydrogen) atoms. The van der Waals surface area contributed by atoms with Crippen LogP contribution >= 0.6 is 0 Å². The monoisotopic (exact) mass is 688 g/mol. The van der Waals surface area contributed by atoms with Gasteiger partial charge >= 0.3 is 0 Å². The maximum absolute atomic E-state index is 15.0. The van der Waals surface area contributed by atoms with Crippen molar-refractivity contribution < 1.29 is 14.3 Å². The van der Waals surface area contributed by atoms with Gasteiger partial charge < -0.3 is 20.1 Å². The highest BCUT2D eigenvalue weighted by molar-refractivity contribution is 5.92. The lowest BCUT2D eigenvalue weighted by Crippen LogP contribution is -2.36. The van der Waals surface area contributed by atoms with Crippen molar-refractivity contribution in [2.75, 3.05) is 13.1 Å². The highest BCUT2D eigenvalue weighted by atomic mass is 16.5. The lowest BCUT2D eigenvalue weighted by atomic mass is 9.83. The van der Waals surface area contributed by atoms with Gasteiger partial charge in [-0.1, -0.05) is 146 Å². The summed E-state index contributed by atoms with van der Waals surface area (Å²) in [5, 5.41) is 7.37. The maximum atomic E-state index is 15.0. The van der Waals surface area contributed by atoms with E-state index in [0.29, 0.717) is 26.3 Å². The Hall–Kier alpha value is -5.49. The maximum Gasteiger partial charge on any atom is 0.150 e. The molecule has 0 amide bonds. The smallest absolute Gasteiger partial charge is 0.150 e. The Labute approximate surface area is 308 Å². The van der Waals surface area contributed by atoms with Gasteiger partial charge in [0.15, 0.2) is 0 Å². The molecule has 264 valence electrons. The number of benzene rings is 6. The van der Waals surface area contributed by atoms with E-state index in [2.05, 4.69) is 73.0 Å². The molecule has 2 N–H and O–H groups in total. The quantitative estimate of drug-likeness (QED) is 0.0942. The van der Waals surface area contributed by atoms with E-state index in [9.17, 15) is 4.79 Å². The van der Waals surface area contributed by atoms with E-state index < -0.39 is 11.8 Å². The Kier molecular flexibility index (Phi) is 13.0. The standard InChI is InChI=1S/C47H48N2O3/c1-35(39-19-11-5-12-20-39)48-31-45(41-23-27-43(28-24-41)51-33-37-15-7-3-8-16-37)47(50)46(32-49-36(2)40-21-13-6-14-22-40)42-25-29-44(30-26-42)52-34-38-17-9-4-10-18-38/h3-30,35-36,45-46,48-49H,31-34H2,1-2H3/t35-,36-,45?,46?/m0/s1. The number of Topliss-reactive ketones (excluding diaryl/α,β-unsaturated/α-hetero) is 1. The van der Waals surface area contributed by atoms with Gasteiger partial charge in [0.2, 0.25) is 0 Å². The van der Waals surface area contributed by atoms with Crippen molar-refractivity contribution in [1.82, 2.24) is 10.6 Å². The average molecular weight is 689 g/mol. The largest absolute Gasteiger partial charge is 0.489 e. The van der Waals surface area contributed by atoms with E-state index in [1.54, 1.807) is 0 Å². The minimum absolute atomic E-state index is 0.0701. The summed E-state index contributed by atoms with van der Waals surface area (Å²) in [7, 11) is 0. The fourth-order valence-corrected chi connectivity index (χ4v) is 6.39. The number of carbonyl (C=O) groups is 1. The third-order valence-corrected chi connectivity index (χ3v) is 9.60. The summed E-state index contributed by atoms with van der Waals surface area (Å²) in [6.07, 6.45) is 0. The molecule has 0 heterocycles. The van der Waals surface area contributed by atoms with E-state index in [1.807, 2.05) is 121 Å². The molecular formula is C47H48N2O3. The van der Waals surface area contributed by atoms with Gasteiger partial charge in [0, 0.05) is 25.2 Å². The number of ether oxygens (including phenoxy) is 2. The van der Waals surface area contributed by atoms with Crippen molar-refractivity contribution in [3.63, 3.8) is 0 Å². The van der Waals surface area contributed by atoms with Crippen molar-refractivity contribution in [3.05, 3.63) is 203 Å². The molecule has 0 aliphatic heterocycles. The Morgan fingerprint density at radius 3 is 1.12 bits per heavy atom. The van der Waals surface area contributed by atoms with E-state index in [-0.39, 0.29) is 17.9 Å². The molecule has 5 heteroatoms. The van der Waals surface area contributed by atoms with Crippen LogP contribution in [-0.4, -0.2) is 18.9 Å². The van der Waals surface area contributed by atoms with Gasteiger partial charge in [-0.05, 0) is 71.5 Å². The molecule has 6 aromatic rings. The molecule has 0 aliphatic rings. The third-order valence-electron chi connectivity index (χ3n) is 9.60. The van der Waals surface area contributed by atoms with Gasteiger partial charge in [0.1, 0.15) is 30.5 Å². The highest BCUT2D eigenvalue weighted by Crippen LogP contribution is 2.30. The molecule has 0 radical (unpaired) electrons. The van der Waals surface area contributed by atoms with E-state index in [1.165, 1.54) is 11.1 Å². The molecule has 5 nitrogen and oxygen atoms in total. The van der Waals surface area contributed by atoms with Gasteiger partial charge in [-0.25, -0.2) is 0 Å². The van der Waals surface area contributed by atoms with E-state index in [4.69, 9.17) is 9.47 Å². The number of carbonyl (C=O) groups excluding carboxylic acids is 1. The van der Waals surface area contributed by atoms with Crippen LogP contribution in [0.5, 0.6) is 11.5 Å². The summed E-state index contributed by atoms with van der Waals surface area (Å²) in [4.78, 5) is 15.0. The molecule has 0 bridgehead atoms. The Balaban J connectivity index is 1.25. The van der Waals surface area contributed by atoms with Gasteiger partial charge in [0.05, 0.1) is 11.8 Å². The predicted molar refractivity (Wildman–Crippen MR) is 211 cm³/mol. The normalized spacial score (nSPS) is 13.4. The summed E-state index contributed by atoms with van der Waals surface area (Å²) in [6.45, 7) is 6.23. The molecule has 2 unspecified atom stereocenters. The van der Waals surface area contributed by atoms with E-state index >= 15 is 0 Å². The van der Waals surface area contributed by atoms with Crippen molar-refractivity contribution >= 4 is 5.78 Å². The van der Waals surface area contributed by atoms with Crippen LogP contribution in [0.2, 0.25) is 0 Å². The minimum Gasteiger partial charge on any atom is -0.489 e. The zero-order valence-electron chi connectivity index (χ0n) is 30.0. The van der Waals surface area contributed by atoms with Gasteiger partial charge in [0.25, 0.3) is 0 Å². The average Bonchev–Trinajstić information content (AvgIpc) is 3.21. The molecular weight excluding hydrogens is 641 g/mol. The zero-order valence-corrected chi connectivity index (χ0v) is 30.0. The molecule has 0 aromatic heterocycles. The van der Waals surface area contributed by atoms with E-state index in [0.717, 1.165) is 33.8 Å². The van der Waals surface area contributed by atoms with Crippen LogP contribution in [0.3, 0.4) is 0 Å². The van der Waals surface area contributed by atoms with Crippen molar-refractivity contribution in [1.29, 1.82) is 0 Å². The third kappa shape index (κ3) is 10.3. The molecule has 6 rings (SSSR count). The minimum atomic E-state index is -0.401. The van der Waals surface area contributed by atoms with Crippen LogP contribution in [0.25, 0.3) is 0 Å². The van der Waals surface area contributed by atoms with Gasteiger partial charge in [-0.2, -0.15) is 0 Å². The molecule has 0 aliphatic carbocycles. The summed E-state index contributed by atoms with van der Waals surface area (Å²) in [5.41, 5.74) is 6.48. The second-order valence-corrected chi connectivity index (χ2v) is 13.3. The molecule has 0 spiro atoms. The van der Waals surface area contributed by atoms with Crippen LogP contribution in [-0.2, 0) is 18.0 Å². The summed E-state index contributed by atoms with van der Waals surface area (Å²) in [6, 6.07) is 57.2. The van der Waals surface area contributed by atoms with Crippen molar-refractivity contribution in [2.24, 2.45) is 0 Å². The predicted octanol–water partition coefficient (Wildman–Crippen LogP) is 9.98. The van der Waals surface area contributed by atoms with Gasteiger partial charge in [-0.15, -0.1) is 0 Å². The topological polar surface area (TPSA) is 59.6 Å².